The Balaban J connectivity index is 1.56. The van der Waals surface area contributed by atoms with Crippen molar-refractivity contribution in [3.8, 4) is 0 Å². The Morgan fingerprint density at radius 3 is 2.77 bits per heavy atom. The lowest BCUT2D eigenvalue weighted by atomic mass is 9.91. The molecule has 3 amide bonds. The molecule has 9 heteroatoms. The van der Waals surface area contributed by atoms with E-state index in [4.69, 9.17) is 4.74 Å². The number of rotatable bonds is 11. The molecule has 5 N–H and O–H groups in total. The molecule has 176 valence electrons. The highest BCUT2D eigenvalue weighted by Gasteiger charge is 2.44. The molecule has 4 unspecified atom stereocenters. The van der Waals surface area contributed by atoms with Crippen molar-refractivity contribution in [2.45, 2.75) is 64.1 Å². The van der Waals surface area contributed by atoms with Gasteiger partial charge in [0, 0.05) is 25.6 Å². The molecule has 1 saturated carbocycles. The second-order valence-electron chi connectivity index (χ2n) is 9.57. The smallest absolute Gasteiger partial charge is 0.251 e. The van der Waals surface area contributed by atoms with Crippen LogP contribution in [0.15, 0.2) is 0 Å². The molecule has 0 radical (unpaired) electrons. The van der Waals surface area contributed by atoms with E-state index in [1.54, 1.807) is 0 Å². The van der Waals surface area contributed by atoms with Crippen molar-refractivity contribution in [2.24, 2.45) is 23.7 Å². The normalized spacial score (nSPS) is 29.5. The molecule has 0 aromatic carbocycles. The molecule has 0 spiro atoms. The summed E-state index contributed by atoms with van der Waals surface area (Å²) in [4.78, 5) is 37.6. The fraction of sp³-hybridized carbons (Fsp3) is 0.864. The first-order valence-electron chi connectivity index (χ1n) is 11.7. The number of nitrogens with one attached hydrogen (secondary N) is 4. The van der Waals surface area contributed by atoms with Crippen LogP contribution >= 0.6 is 0 Å². The van der Waals surface area contributed by atoms with Crippen LogP contribution in [0, 0.1) is 23.7 Å². The van der Waals surface area contributed by atoms with Gasteiger partial charge in [0.2, 0.25) is 11.8 Å². The second kappa shape index (κ2) is 11.2. The van der Waals surface area contributed by atoms with Gasteiger partial charge in [0.1, 0.15) is 0 Å². The van der Waals surface area contributed by atoms with Crippen LogP contribution in [0.1, 0.15) is 46.0 Å². The molecule has 0 bridgehead atoms. The van der Waals surface area contributed by atoms with Crippen molar-refractivity contribution in [3.63, 3.8) is 0 Å². The van der Waals surface area contributed by atoms with E-state index < -0.39 is 18.1 Å². The quantitative estimate of drug-likeness (QED) is 0.278. The van der Waals surface area contributed by atoms with Crippen molar-refractivity contribution in [1.82, 2.24) is 21.3 Å². The molecule has 9 nitrogen and oxygen atoms in total. The Labute approximate surface area is 184 Å². The topological polar surface area (TPSA) is 129 Å². The molecule has 6 atom stereocenters. The Morgan fingerprint density at radius 1 is 1.26 bits per heavy atom. The zero-order valence-corrected chi connectivity index (χ0v) is 18.7. The van der Waals surface area contributed by atoms with Crippen LogP contribution in [0.4, 0.5) is 0 Å². The Bertz CT molecular complexity index is 643. The third kappa shape index (κ3) is 6.40. The summed E-state index contributed by atoms with van der Waals surface area (Å²) in [5.74, 6) is 0.0667. The number of hydrogen-bond donors (Lipinski definition) is 5. The van der Waals surface area contributed by atoms with Gasteiger partial charge in [0.25, 0.3) is 5.91 Å². The molecule has 1 aliphatic carbocycles. The molecule has 3 aliphatic rings. The monoisotopic (exact) mass is 438 g/mol. The van der Waals surface area contributed by atoms with E-state index in [2.05, 4.69) is 21.3 Å². The summed E-state index contributed by atoms with van der Waals surface area (Å²) < 4.78 is 5.45. The van der Waals surface area contributed by atoms with Gasteiger partial charge in [-0.3, -0.25) is 14.4 Å². The third-order valence-electron chi connectivity index (χ3n) is 6.70. The van der Waals surface area contributed by atoms with Crippen LogP contribution in [0.3, 0.4) is 0 Å². The highest BCUT2D eigenvalue weighted by Crippen LogP contribution is 2.37. The summed E-state index contributed by atoms with van der Waals surface area (Å²) in [6.45, 7) is 6.73. The number of hydrogen-bond acceptors (Lipinski definition) is 6. The number of carbonyl (C=O) groups is 3. The molecule has 31 heavy (non-hydrogen) atoms. The zero-order valence-electron chi connectivity index (χ0n) is 18.7. The van der Waals surface area contributed by atoms with Crippen molar-refractivity contribution in [2.75, 3.05) is 32.8 Å². The Hall–Kier alpha value is -1.71. The molecule has 3 fully saturated rings. The SMILES string of the molecule is CC(C)COCCNC(=O)C(O)[C@H](C[C@@H]1CCNC1=O)NC(=O)C1NCC2CCCC21. The van der Waals surface area contributed by atoms with E-state index in [9.17, 15) is 19.5 Å². The fourth-order valence-corrected chi connectivity index (χ4v) is 5.04. The molecule has 0 aromatic heterocycles. The van der Waals surface area contributed by atoms with Gasteiger partial charge in [-0.2, -0.15) is 0 Å². The second-order valence-corrected chi connectivity index (χ2v) is 9.57. The van der Waals surface area contributed by atoms with Crippen LogP contribution in [0.5, 0.6) is 0 Å². The standard InChI is InChI=1S/C22H38N4O5/c1-13(2)12-31-9-8-24-22(30)19(27)17(10-14-6-7-23-20(14)28)26-21(29)18-16-5-3-4-15(16)11-25-18/h13-19,25,27H,3-12H2,1-2H3,(H,23,28)(H,24,30)(H,26,29)/t14-,15?,16?,17-,18?,19?/m0/s1. The molecular weight excluding hydrogens is 400 g/mol. The summed E-state index contributed by atoms with van der Waals surface area (Å²) >= 11 is 0. The van der Waals surface area contributed by atoms with Crippen molar-refractivity contribution < 1.29 is 24.2 Å². The minimum Gasteiger partial charge on any atom is -0.381 e. The van der Waals surface area contributed by atoms with Crippen LogP contribution in [-0.4, -0.2) is 73.9 Å². The number of fused-ring (bicyclic) bond motifs is 1. The Morgan fingerprint density at radius 2 is 2.06 bits per heavy atom. The molecule has 2 saturated heterocycles. The number of aliphatic hydroxyl groups is 1. The lowest BCUT2D eigenvalue weighted by molar-refractivity contribution is -0.134. The minimum absolute atomic E-state index is 0.0937. The molecule has 3 rings (SSSR count). The first kappa shape index (κ1) is 23.9. The predicted molar refractivity (Wildman–Crippen MR) is 115 cm³/mol. The van der Waals surface area contributed by atoms with E-state index in [0.717, 1.165) is 25.8 Å². The molecule has 2 aliphatic heterocycles. The minimum atomic E-state index is -1.43. The lowest BCUT2D eigenvalue weighted by Gasteiger charge is -2.28. The van der Waals surface area contributed by atoms with E-state index in [-0.39, 0.29) is 36.7 Å². The van der Waals surface area contributed by atoms with E-state index in [1.807, 2.05) is 13.8 Å². The van der Waals surface area contributed by atoms with Gasteiger partial charge in [0.15, 0.2) is 6.10 Å². The van der Waals surface area contributed by atoms with Crippen LogP contribution in [0.25, 0.3) is 0 Å². The summed E-state index contributed by atoms with van der Waals surface area (Å²) in [6.07, 6.45) is 2.73. The van der Waals surface area contributed by atoms with Gasteiger partial charge in [-0.25, -0.2) is 0 Å². The Kier molecular flexibility index (Phi) is 8.68. The molecular formula is C22H38N4O5. The van der Waals surface area contributed by atoms with Gasteiger partial charge in [-0.15, -0.1) is 0 Å². The maximum absolute atomic E-state index is 13.0. The predicted octanol–water partition coefficient (Wildman–Crippen LogP) is -0.465. The first-order valence-corrected chi connectivity index (χ1v) is 11.7. The van der Waals surface area contributed by atoms with Crippen molar-refractivity contribution >= 4 is 17.7 Å². The number of carbonyl (C=O) groups excluding carboxylic acids is 3. The number of aliphatic hydroxyl groups excluding tert-OH is 1. The average Bonchev–Trinajstić information content (AvgIpc) is 3.44. The van der Waals surface area contributed by atoms with Crippen molar-refractivity contribution in [1.29, 1.82) is 0 Å². The van der Waals surface area contributed by atoms with Gasteiger partial charge >= 0.3 is 0 Å². The van der Waals surface area contributed by atoms with Crippen LogP contribution < -0.4 is 21.3 Å². The maximum atomic E-state index is 13.0. The van der Waals surface area contributed by atoms with Gasteiger partial charge in [0.05, 0.1) is 18.7 Å². The molecule has 0 aromatic rings. The van der Waals surface area contributed by atoms with E-state index >= 15 is 0 Å². The highest BCUT2D eigenvalue weighted by atomic mass is 16.5. The summed E-state index contributed by atoms with van der Waals surface area (Å²) in [5.41, 5.74) is 0. The lowest BCUT2D eigenvalue weighted by Crippen LogP contribution is -2.55. The van der Waals surface area contributed by atoms with E-state index in [1.165, 1.54) is 0 Å². The highest BCUT2D eigenvalue weighted by molar-refractivity contribution is 5.86. The van der Waals surface area contributed by atoms with Gasteiger partial charge in [-0.05, 0) is 50.0 Å². The summed E-state index contributed by atoms with van der Waals surface area (Å²) in [7, 11) is 0. The summed E-state index contributed by atoms with van der Waals surface area (Å²) in [5, 5.41) is 22.4. The number of ether oxygens (including phenoxy) is 1. The average molecular weight is 439 g/mol. The van der Waals surface area contributed by atoms with Crippen LogP contribution in [-0.2, 0) is 19.1 Å². The third-order valence-corrected chi connectivity index (χ3v) is 6.70. The zero-order chi connectivity index (χ0) is 22.4. The van der Waals surface area contributed by atoms with Crippen molar-refractivity contribution in [3.05, 3.63) is 0 Å². The van der Waals surface area contributed by atoms with Gasteiger partial charge < -0.3 is 31.1 Å². The van der Waals surface area contributed by atoms with Crippen LogP contribution in [0.2, 0.25) is 0 Å². The van der Waals surface area contributed by atoms with E-state index in [0.29, 0.717) is 43.9 Å². The largest absolute Gasteiger partial charge is 0.381 e. The summed E-state index contributed by atoms with van der Waals surface area (Å²) in [6, 6.07) is -1.12. The maximum Gasteiger partial charge on any atom is 0.251 e. The molecule has 2 heterocycles. The fourth-order valence-electron chi connectivity index (χ4n) is 5.04. The van der Waals surface area contributed by atoms with Gasteiger partial charge in [-0.1, -0.05) is 20.3 Å². The first-order chi connectivity index (χ1) is 14.9. The number of amides is 3.